The normalized spacial score (nSPS) is 10.9. The van der Waals surface area contributed by atoms with E-state index in [0.717, 1.165) is 18.5 Å². The maximum Gasteiger partial charge on any atom is 0.226 e. The Kier molecular flexibility index (Phi) is 6.18. The number of methoxy groups -OCH3 is 1. The van der Waals surface area contributed by atoms with Gasteiger partial charge in [0, 0.05) is 25.6 Å². The number of nitrogen functional groups attached to an aromatic ring is 1. The molecule has 0 fully saturated rings. The van der Waals surface area contributed by atoms with E-state index >= 15 is 0 Å². The number of aryl methyl sites for hydroxylation is 2. The van der Waals surface area contributed by atoms with Crippen molar-refractivity contribution in [3.63, 3.8) is 0 Å². The lowest BCUT2D eigenvalue weighted by atomic mass is 10.1. The van der Waals surface area contributed by atoms with Crippen LogP contribution < -0.4 is 5.73 Å². The highest BCUT2D eigenvalue weighted by atomic mass is 16.5. The molecule has 0 aliphatic rings. The third-order valence-electron chi connectivity index (χ3n) is 3.02. The monoisotopic (exact) mass is 291 g/mol. The molecule has 0 aliphatic heterocycles. The van der Waals surface area contributed by atoms with E-state index < -0.39 is 0 Å². The van der Waals surface area contributed by atoms with Gasteiger partial charge in [-0.1, -0.05) is 17.3 Å². The zero-order valence-corrected chi connectivity index (χ0v) is 12.2. The molecule has 0 radical (unpaired) electrons. The van der Waals surface area contributed by atoms with Gasteiger partial charge in [-0.05, 0) is 24.1 Å². The quantitative estimate of drug-likeness (QED) is 0.558. The van der Waals surface area contributed by atoms with Gasteiger partial charge in [0.2, 0.25) is 5.89 Å². The van der Waals surface area contributed by atoms with E-state index in [-0.39, 0.29) is 0 Å². The summed E-state index contributed by atoms with van der Waals surface area (Å²) in [6, 6.07) is 7.81. The molecule has 0 amide bonds. The molecule has 2 rings (SSSR count). The van der Waals surface area contributed by atoms with E-state index in [4.69, 9.17) is 19.7 Å². The summed E-state index contributed by atoms with van der Waals surface area (Å²) in [4.78, 5) is 4.35. The summed E-state index contributed by atoms with van der Waals surface area (Å²) in [5, 5.41) is 3.94. The number of nitrogens with zero attached hydrogens (tertiary/aromatic N) is 2. The molecule has 2 aromatic rings. The molecule has 6 nitrogen and oxygen atoms in total. The van der Waals surface area contributed by atoms with Crippen LogP contribution in [0.2, 0.25) is 0 Å². The molecule has 0 bridgehead atoms. The lowest BCUT2D eigenvalue weighted by Gasteiger charge is -2.00. The van der Waals surface area contributed by atoms with Crippen molar-refractivity contribution in [1.82, 2.24) is 10.1 Å². The van der Waals surface area contributed by atoms with Crippen LogP contribution >= 0.6 is 0 Å². The van der Waals surface area contributed by atoms with Gasteiger partial charge in [0.15, 0.2) is 5.82 Å². The van der Waals surface area contributed by atoms with Crippen LogP contribution in [-0.2, 0) is 28.7 Å². The number of aromatic nitrogens is 2. The largest absolute Gasteiger partial charge is 0.399 e. The highest BCUT2D eigenvalue weighted by Crippen LogP contribution is 2.09. The Labute approximate surface area is 124 Å². The first-order chi connectivity index (χ1) is 10.3. The fourth-order valence-corrected chi connectivity index (χ4v) is 1.84. The van der Waals surface area contributed by atoms with Crippen molar-refractivity contribution in [2.45, 2.75) is 19.3 Å². The summed E-state index contributed by atoms with van der Waals surface area (Å²) in [5.74, 6) is 1.33. The van der Waals surface area contributed by atoms with Crippen LogP contribution in [0.4, 0.5) is 5.69 Å². The van der Waals surface area contributed by atoms with Gasteiger partial charge >= 0.3 is 0 Å². The number of hydrogen-bond donors (Lipinski definition) is 1. The van der Waals surface area contributed by atoms with Crippen LogP contribution in [-0.4, -0.2) is 37.1 Å². The van der Waals surface area contributed by atoms with Gasteiger partial charge in [-0.2, -0.15) is 4.98 Å². The number of hydrogen-bond acceptors (Lipinski definition) is 6. The lowest BCUT2D eigenvalue weighted by Crippen LogP contribution is -2.05. The molecule has 1 heterocycles. The fraction of sp³-hybridized carbons (Fsp3) is 0.467. The molecule has 2 N–H and O–H groups in total. The van der Waals surface area contributed by atoms with E-state index in [1.807, 2.05) is 24.3 Å². The number of rotatable bonds is 9. The summed E-state index contributed by atoms with van der Waals surface area (Å²) in [7, 11) is 1.65. The van der Waals surface area contributed by atoms with Crippen molar-refractivity contribution >= 4 is 5.69 Å². The van der Waals surface area contributed by atoms with E-state index in [2.05, 4.69) is 10.1 Å². The average molecular weight is 291 g/mol. The van der Waals surface area contributed by atoms with Crippen molar-refractivity contribution in [1.29, 1.82) is 0 Å². The first-order valence-corrected chi connectivity index (χ1v) is 7.00. The Morgan fingerprint density at radius 2 is 1.86 bits per heavy atom. The van der Waals surface area contributed by atoms with Gasteiger partial charge in [0.25, 0.3) is 0 Å². The van der Waals surface area contributed by atoms with Crippen LogP contribution in [0.15, 0.2) is 28.8 Å². The Hall–Kier alpha value is -1.92. The summed E-state index contributed by atoms with van der Waals surface area (Å²) in [5.41, 5.74) is 7.63. The van der Waals surface area contributed by atoms with Crippen LogP contribution in [0.1, 0.15) is 17.3 Å². The Morgan fingerprint density at radius 1 is 1.05 bits per heavy atom. The van der Waals surface area contributed by atoms with E-state index in [9.17, 15) is 0 Å². The molecule has 1 aromatic heterocycles. The second kappa shape index (κ2) is 8.39. The van der Waals surface area contributed by atoms with Crippen LogP contribution in [0.3, 0.4) is 0 Å². The zero-order valence-electron chi connectivity index (χ0n) is 12.2. The molecular weight excluding hydrogens is 270 g/mol. The second-order valence-corrected chi connectivity index (χ2v) is 4.70. The molecule has 0 aliphatic carbocycles. The number of benzene rings is 1. The smallest absolute Gasteiger partial charge is 0.226 e. The summed E-state index contributed by atoms with van der Waals surface area (Å²) < 4.78 is 15.5. The Morgan fingerprint density at radius 3 is 2.62 bits per heavy atom. The molecule has 114 valence electrons. The third-order valence-corrected chi connectivity index (χ3v) is 3.02. The van der Waals surface area contributed by atoms with Gasteiger partial charge < -0.3 is 19.7 Å². The van der Waals surface area contributed by atoms with Crippen molar-refractivity contribution in [2.75, 3.05) is 32.7 Å². The topological polar surface area (TPSA) is 83.4 Å². The van der Waals surface area contributed by atoms with E-state index in [1.165, 1.54) is 5.56 Å². The Balaban J connectivity index is 1.71. The van der Waals surface area contributed by atoms with E-state index in [0.29, 0.717) is 38.0 Å². The van der Waals surface area contributed by atoms with Crippen molar-refractivity contribution in [3.05, 3.63) is 41.5 Å². The number of anilines is 1. The standard InChI is InChI=1S/C15H21N3O3/c1-19-10-11-20-9-8-14-17-15(21-18-14)7-4-12-2-5-13(16)6-3-12/h2-3,5-6H,4,7-11,16H2,1H3. The average Bonchev–Trinajstić information content (AvgIpc) is 2.94. The van der Waals surface area contributed by atoms with Crippen LogP contribution in [0, 0.1) is 0 Å². The predicted molar refractivity (Wildman–Crippen MR) is 79.0 cm³/mol. The third kappa shape index (κ3) is 5.53. The first kappa shape index (κ1) is 15.5. The predicted octanol–water partition coefficient (Wildman–Crippen LogP) is 1.64. The second-order valence-electron chi connectivity index (χ2n) is 4.70. The van der Waals surface area contributed by atoms with Crippen molar-refractivity contribution in [2.24, 2.45) is 0 Å². The summed E-state index contributed by atoms with van der Waals surface area (Å²) in [6.07, 6.45) is 2.22. The SMILES string of the molecule is COCCOCCc1noc(CCc2ccc(N)cc2)n1. The maximum atomic E-state index is 5.65. The number of nitrogens with two attached hydrogens (primary N) is 1. The molecule has 0 saturated carbocycles. The van der Waals surface area contributed by atoms with Crippen molar-refractivity contribution in [3.8, 4) is 0 Å². The fourth-order valence-electron chi connectivity index (χ4n) is 1.84. The summed E-state index contributed by atoms with van der Waals surface area (Å²) in [6.45, 7) is 1.75. The molecule has 0 unspecified atom stereocenters. The number of ether oxygens (including phenoxy) is 2. The molecular formula is C15H21N3O3. The molecule has 1 aromatic carbocycles. The van der Waals surface area contributed by atoms with E-state index in [1.54, 1.807) is 7.11 Å². The molecule has 21 heavy (non-hydrogen) atoms. The molecule has 6 heteroatoms. The first-order valence-electron chi connectivity index (χ1n) is 7.00. The minimum atomic E-state index is 0.570. The van der Waals surface area contributed by atoms with Crippen LogP contribution in [0.5, 0.6) is 0 Å². The molecule has 0 saturated heterocycles. The highest BCUT2D eigenvalue weighted by Gasteiger charge is 2.06. The molecule has 0 spiro atoms. The van der Waals surface area contributed by atoms with Gasteiger partial charge in [-0.3, -0.25) is 0 Å². The van der Waals surface area contributed by atoms with Crippen molar-refractivity contribution < 1.29 is 14.0 Å². The van der Waals surface area contributed by atoms with Crippen LogP contribution in [0.25, 0.3) is 0 Å². The minimum Gasteiger partial charge on any atom is -0.399 e. The van der Waals surface area contributed by atoms with Gasteiger partial charge in [0.05, 0.1) is 19.8 Å². The highest BCUT2D eigenvalue weighted by molar-refractivity contribution is 5.39. The lowest BCUT2D eigenvalue weighted by molar-refractivity contribution is 0.0714. The minimum absolute atomic E-state index is 0.570. The molecule has 0 atom stereocenters. The summed E-state index contributed by atoms with van der Waals surface area (Å²) >= 11 is 0. The van der Waals surface area contributed by atoms with Gasteiger partial charge in [-0.15, -0.1) is 0 Å². The van der Waals surface area contributed by atoms with Gasteiger partial charge in [-0.25, -0.2) is 0 Å². The van der Waals surface area contributed by atoms with Gasteiger partial charge in [0.1, 0.15) is 0 Å². The zero-order chi connectivity index (χ0) is 14.9. The maximum absolute atomic E-state index is 5.65. The Bertz CT molecular complexity index is 525.